The molecule has 1 aliphatic heterocycles. The Bertz CT molecular complexity index is 1300. The molecule has 0 aliphatic carbocycles. The quantitative estimate of drug-likeness (QED) is 0.399. The highest BCUT2D eigenvalue weighted by atomic mass is 32.2. The molecule has 4 rings (SSSR count). The highest BCUT2D eigenvalue weighted by Crippen LogP contribution is 2.35. The Labute approximate surface area is 205 Å². The fraction of sp³-hybridized carbons (Fsp3) is 0.385. The van der Waals surface area contributed by atoms with Crippen molar-refractivity contribution >= 4 is 27.1 Å². The number of sulfonamides is 1. The van der Waals surface area contributed by atoms with Crippen molar-refractivity contribution in [1.82, 2.24) is 9.29 Å². The number of nitrogens with zero attached hydrogens (tertiary/aromatic N) is 2. The van der Waals surface area contributed by atoms with Crippen LogP contribution in [-0.2, 0) is 16.6 Å². The number of fused-ring (bicyclic) bond motifs is 1. The lowest BCUT2D eigenvalue weighted by Gasteiger charge is -2.24. The zero-order valence-corrected chi connectivity index (χ0v) is 21.6. The first-order chi connectivity index (χ1) is 16.2. The van der Waals surface area contributed by atoms with Crippen LogP contribution in [0, 0.1) is 6.92 Å². The summed E-state index contributed by atoms with van der Waals surface area (Å²) in [5.74, 6) is 0.478. The van der Waals surface area contributed by atoms with E-state index in [-0.39, 0.29) is 29.2 Å². The van der Waals surface area contributed by atoms with E-state index in [0.717, 1.165) is 28.1 Å². The molecule has 1 aliphatic rings. The number of aryl methyl sites for hydroxylation is 1. The molecule has 0 N–H and O–H groups in total. The van der Waals surface area contributed by atoms with Gasteiger partial charge in [-0.3, -0.25) is 4.79 Å². The largest absolute Gasteiger partial charge is 0.488 e. The Kier molecular flexibility index (Phi) is 7.21. The lowest BCUT2D eigenvalue weighted by Crippen LogP contribution is -2.36. The van der Waals surface area contributed by atoms with E-state index in [0.29, 0.717) is 23.6 Å². The lowest BCUT2D eigenvalue weighted by atomic mass is 9.93. The van der Waals surface area contributed by atoms with Gasteiger partial charge in [0.25, 0.3) is 0 Å². The van der Waals surface area contributed by atoms with Crippen molar-refractivity contribution in [3.05, 3.63) is 75.2 Å². The van der Waals surface area contributed by atoms with Gasteiger partial charge in [-0.1, -0.05) is 44.2 Å². The molecule has 6 nitrogen and oxygen atoms in total. The van der Waals surface area contributed by atoms with Gasteiger partial charge in [0.15, 0.2) is 5.78 Å². The Balaban J connectivity index is 1.69. The summed E-state index contributed by atoms with van der Waals surface area (Å²) in [6.45, 7) is 8.22. The van der Waals surface area contributed by atoms with Gasteiger partial charge in [0.05, 0.1) is 11.4 Å². The van der Waals surface area contributed by atoms with Crippen LogP contribution >= 0.6 is 11.3 Å². The number of ketones is 1. The SMILES string of the molecule is CCC(c1ccc(C)c(CN2C[C@@H](CC)Oc3ccccc3S2(=O)=O)c1)c1ncc(C(C)=O)s1. The minimum Gasteiger partial charge on any atom is -0.488 e. The van der Waals surface area contributed by atoms with E-state index in [4.69, 9.17) is 4.74 Å². The van der Waals surface area contributed by atoms with E-state index in [1.54, 1.807) is 37.4 Å². The van der Waals surface area contributed by atoms with Crippen molar-refractivity contribution in [1.29, 1.82) is 0 Å². The van der Waals surface area contributed by atoms with Gasteiger partial charge in [0, 0.05) is 25.6 Å². The molecule has 34 heavy (non-hydrogen) atoms. The van der Waals surface area contributed by atoms with Crippen molar-refractivity contribution in [2.24, 2.45) is 0 Å². The number of ether oxygens (including phenoxy) is 1. The first-order valence-corrected chi connectivity index (χ1v) is 13.8. The minimum atomic E-state index is -3.71. The lowest BCUT2D eigenvalue weighted by molar-refractivity contribution is 0.102. The molecule has 0 saturated heterocycles. The normalized spacial score (nSPS) is 18.5. The van der Waals surface area contributed by atoms with Crippen LogP contribution in [0.4, 0.5) is 0 Å². The van der Waals surface area contributed by atoms with Crippen LogP contribution in [0.3, 0.4) is 0 Å². The second kappa shape index (κ2) is 9.98. The molecule has 0 fully saturated rings. The van der Waals surface area contributed by atoms with Crippen molar-refractivity contribution in [3.8, 4) is 5.75 Å². The van der Waals surface area contributed by atoms with Crippen LogP contribution in [-0.4, -0.2) is 36.1 Å². The van der Waals surface area contributed by atoms with Crippen LogP contribution < -0.4 is 4.74 Å². The van der Waals surface area contributed by atoms with Crippen LogP contribution in [0.5, 0.6) is 5.75 Å². The van der Waals surface area contributed by atoms with Crippen LogP contribution in [0.1, 0.15) is 70.9 Å². The maximum absolute atomic E-state index is 13.6. The number of carbonyl (C=O) groups is 1. The monoisotopic (exact) mass is 498 g/mol. The highest BCUT2D eigenvalue weighted by molar-refractivity contribution is 7.89. The molecule has 180 valence electrons. The number of thiazole rings is 1. The summed E-state index contributed by atoms with van der Waals surface area (Å²) < 4.78 is 34.7. The van der Waals surface area contributed by atoms with E-state index < -0.39 is 10.0 Å². The second-order valence-electron chi connectivity index (χ2n) is 8.66. The third-order valence-corrected chi connectivity index (χ3v) is 9.39. The van der Waals surface area contributed by atoms with Gasteiger partial charge in [-0.15, -0.1) is 11.3 Å². The number of carbonyl (C=O) groups excluding carboxylic acids is 1. The summed E-state index contributed by atoms with van der Waals surface area (Å²) in [5, 5.41) is 0.901. The number of rotatable bonds is 7. The van der Waals surface area contributed by atoms with Gasteiger partial charge in [-0.25, -0.2) is 13.4 Å². The van der Waals surface area contributed by atoms with Crippen molar-refractivity contribution in [2.45, 2.75) is 64.0 Å². The molecule has 0 spiro atoms. The number of aromatic nitrogens is 1. The maximum Gasteiger partial charge on any atom is 0.247 e. The zero-order chi connectivity index (χ0) is 24.5. The first kappa shape index (κ1) is 24.6. The van der Waals surface area contributed by atoms with Crippen molar-refractivity contribution < 1.29 is 17.9 Å². The Hall–Kier alpha value is -2.55. The predicted molar refractivity (Wildman–Crippen MR) is 134 cm³/mol. The van der Waals surface area contributed by atoms with E-state index in [9.17, 15) is 13.2 Å². The molecule has 2 atom stereocenters. The summed E-state index contributed by atoms with van der Waals surface area (Å²) in [6, 6.07) is 13.1. The third kappa shape index (κ3) is 4.80. The molecular formula is C26H30N2O4S2. The maximum atomic E-state index is 13.6. The molecular weight excluding hydrogens is 468 g/mol. The summed E-state index contributed by atoms with van der Waals surface area (Å²) in [7, 11) is -3.71. The van der Waals surface area contributed by atoms with Crippen LogP contribution in [0.2, 0.25) is 0 Å². The first-order valence-electron chi connectivity index (χ1n) is 11.6. The number of benzene rings is 2. The molecule has 2 heterocycles. The van der Waals surface area contributed by atoms with Gasteiger partial charge in [-0.2, -0.15) is 4.31 Å². The van der Waals surface area contributed by atoms with E-state index in [1.807, 2.05) is 19.9 Å². The van der Waals surface area contributed by atoms with Gasteiger partial charge in [0.1, 0.15) is 21.8 Å². The van der Waals surface area contributed by atoms with Crippen molar-refractivity contribution in [3.63, 3.8) is 0 Å². The van der Waals surface area contributed by atoms with Crippen LogP contribution in [0.15, 0.2) is 53.6 Å². The molecule has 1 unspecified atom stereocenters. The van der Waals surface area contributed by atoms with Gasteiger partial charge >= 0.3 is 0 Å². The van der Waals surface area contributed by atoms with E-state index >= 15 is 0 Å². The summed E-state index contributed by atoms with van der Waals surface area (Å²) >= 11 is 1.43. The summed E-state index contributed by atoms with van der Waals surface area (Å²) in [5.41, 5.74) is 3.06. The van der Waals surface area contributed by atoms with Crippen molar-refractivity contribution in [2.75, 3.05) is 6.54 Å². The number of Topliss-reactive ketones (excluding diaryl/α,β-unsaturated/α-hetero) is 1. The fourth-order valence-corrected chi connectivity index (χ4v) is 6.83. The Morgan fingerprint density at radius 1 is 1.24 bits per heavy atom. The minimum absolute atomic E-state index is 0.0162. The van der Waals surface area contributed by atoms with Gasteiger partial charge in [0.2, 0.25) is 10.0 Å². The van der Waals surface area contributed by atoms with E-state index in [1.165, 1.54) is 15.6 Å². The standard InChI is InChI=1S/C26H30N2O4S2/c1-5-21-16-28(34(30,31)25-10-8-7-9-23(25)32-21)15-20-13-19(12-11-17(20)3)22(6-2)26-27-14-24(33-26)18(4)29/h7-14,21-22H,5-6,15-16H2,1-4H3/t21-,22?/m1/s1. The second-order valence-corrected chi connectivity index (χ2v) is 11.6. The molecule has 8 heteroatoms. The van der Waals surface area contributed by atoms with E-state index in [2.05, 4.69) is 24.0 Å². The number of para-hydroxylation sites is 1. The van der Waals surface area contributed by atoms with Gasteiger partial charge in [-0.05, 0) is 48.6 Å². The summed E-state index contributed by atoms with van der Waals surface area (Å²) in [4.78, 5) is 17.1. The highest BCUT2D eigenvalue weighted by Gasteiger charge is 2.34. The average Bonchev–Trinajstić information content (AvgIpc) is 3.27. The Morgan fingerprint density at radius 3 is 2.68 bits per heavy atom. The molecule has 0 radical (unpaired) electrons. The molecule has 3 aromatic rings. The summed E-state index contributed by atoms with van der Waals surface area (Å²) in [6.07, 6.45) is 2.96. The van der Waals surface area contributed by atoms with Crippen LogP contribution in [0.25, 0.3) is 0 Å². The molecule has 0 saturated carbocycles. The molecule has 0 amide bonds. The fourth-order valence-electron chi connectivity index (χ4n) is 4.24. The smallest absolute Gasteiger partial charge is 0.247 e. The number of hydrogen-bond donors (Lipinski definition) is 0. The van der Waals surface area contributed by atoms with Gasteiger partial charge < -0.3 is 4.74 Å². The number of hydrogen-bond acceptors (Lipinski definition) is 6. The molecule has 2 aromatic carbocycles. The third-order valence-electron chi connectivity index (χ3n) is 6.32. The molecule has 0 bridgehead atoms. The Morgan fingerprint density at radius 2 is 2.00 bits per heavy atom. The molecule has 1 aromatic heterocycles. The predicted octanol–water partition coefficient (Wildman–Crippen LogP) is 5.56. The average molecular weight is 499 g/mol. The topological polar surface area (TPSA) is 76.6 Å². The zero-order valence-electron chi connectivity index (χ0n) is 19.9.